The lowest BCUT2D eigenvalue weighted by molar-refractivity contribution is -0.111. The summed E-state index contributed by atoms with van der Waals surface area (Å²) in [6, 6.07) is 8.03. The molecule has 0 aliphatic carbocycles. The van der Waals surface area contributed by atoms with Crippen molar-refractivity contribution < 1.29 is 4.79 Å². The van der Waals surface area contributed by atoms with E-state index in [9.17, 15) is 4.79 Å². The van der Waals surface area contributed by atoms with Crippen LogP contribution in [0.3, 0.4) is 0 Å². The smallest absolute Gasteiger partial charge is 0.130 e. The Morgan fingerprint density at radius 1 is 1.29 bits per heavy atom. The number of carbonyl (C=O) groups is 1. The number of rotatable bonds is 2. The standard InChI is InChI=1S/C12H13NO/c1-12(2,8-14)10-5-3-4-9-6-7-13-11(9)10/h3-8,13H,1-2H3. The van der Waals surface area contributed by atoms with Crippen LogP contribution >= 0.6 is 0 Å². The van der Waals surface area contributed by atoms with Crippen LogP contribution < -0.4 is 0 Å². The van der Waals surface area contributed by atoms with Crippen LogP contribution in [-0.4, -0.2) is 11.3 Å². The SMILES string of the molecule is CC(C)(C=O)c1cccc2cc[nH]c12. The number of nitrogens with one attached hydrogen (secondary N) is 1. The average molecular weight is 187 g/mol. The molecule has 1 aromatic carbocycles. The van der Waals surface area contributed by atoms with Crippen molar-refractivity contribution in [1.29, 1.82) is 0 Å². The molecule has 0 amide bonds. The summed E-state index contributed by atoms with van der Waals surface area (Å²) in [5.41, 5.74) is 1.68. The van der Waals surface area contributed by atoms with Crippen LogP contribution in [0.4, 0.5) is 0 Å². The van der Waals surface area contributed by atoms with Crippen LogP contribution in [0.15, 0.2) is 30.5 Å². The van der Waals surface area contributed by atoms with E-state index in [0.717, 1.165) is 22.8 Å². The van der Waals surface area contributed by atoms with Crippen molar-refractivity contribution in [2.45, 2.75) is 19.3 Å². The third kappa shape index (κ3) is 1.23. The Labute approximate surface area is 82.9 Å². The minimum absolute atomic E-state index is 0.426. The second kappa shape index (κ2) is 2.98. The molecule has 2 rings (SSSR count). The number of hydrogen-bond donors (Lipinski definition) is 1. The summed E-state index contributed by atoms with van der Waals surface area (Å²) in [4.78, 5) is 14.1. The molecule has 0 saturated heterocycles. The average Bonchev–Trinajstić information content (AvgIpc) is 2.64. The highest BCUT2D eigenvalue weighted by molar-refractivity contribution is 5.87. The molecule has 0 atom stereocenters. The van der Waals surface area contributed by atoms with Crippen LogP contribution in [0.5, 0.6) is 0 Å². The van der Waals surface area contributed by atoms with Gasteiger partial charge in [-0.05, 0) is 30.9 Å². The van der Waals surface area contributed by atoms with Gasteiger partial charge in [0, 0.05) is 17.1 Å². The lowest BCUT2D eigenvalue weighted by Crippen LogP contribution is -2.18. The fraction of sp³-hybridized carbons (Fsp3) is 0.250. The summed E-state index contributed by atoms with van der Waals surface area (Å²) < 4.78 is 0. The molecule has 0 saturated carbocycles. The summed E-state index contributed by atoms with van der Waals surface area (Å²) in [5.74, 6) is 0. The Bertz CT molecular complexity index is 468. The van der Waals surface area contributed by atoms with Gasteiger partial charge < -0.3 is 9.78 Å². The molecule has 0 radical (unpaired) electrons. The monoisotopic (exact) mass is 187 g/mol. The second-order valence-corrected chi connectivity index (χ2v) is 4.09. The molecule has 1 N–H and O–H groups in total. The van der Waals surface area contributed by atoms with Crippen molar-refractivity contribution in [3.05, 3.63) is 36.0 Å². The third-order valence-electron chi connectivity index (χ3n) is 2.58. The number of aromatic nitrogens is 1. The fourth-order valence-electron chi connectivity index (χ4n) is 1.69. The molecule has 14 heavy (non-hydrogen) atoms. The van der Waals surface area contributed by atoms with E-state index in [4.69, 9.17) is 0 Å². The van der Waals surface area contributed by atoms with Crippen LogP contribution in [0.1, 0.15) is 19.4 Å². The number of aromatic amines is 1. The van der Waals surface area contributed by atoms with Crippen molar-refractivity contribution in [3.8, 4) is 0 Å². The Balaban J connectivity index is 2.73. The van der Waals surface area contributed by atoms with E-state index >= 15 is 0 Å². The summed E-state index contributed by atoms with van der Waals surface area (Å²) in [6.45, 7) is 3.85. The second-order valence-electron chi connectivity index (χ2n) is 4.09. The molecule has 0 fully saturated rings. The highest BCUT2D eigenvalue weighted by Gasteiger charge is 2.21. The topological polar surface area (TPSA) is 32.9 Å². The van der Waals surface area contributed by atoms with E-state index in [-0.39, 0.29) is 0 Å². The van der Waals surface area contributed by atoms with E-state index in [1.807, 2.05) is 44.3 Å². The molecule has 0 spiro atoms. The molecule has 0 aliphatic rings. The number of hydrogen-bond acceptors (Lipinski definition) is 1. The molecule has 0 aliphatic heterocycles. The van der Waals surface area contributed by atoms with Gasteiger partial charge in [-0.15, -0.1) is 0 Å². The molecule has 1 heterocycles. The molecule has 2 aromatic rings. The van der Waals surface area contributed by atoms with Crippen molar-refractivity contribution in [2.24, 2.45) is 0 Å². The van der Waals surface area contributed by atoms with Crippen LogP contribution in [-0.2, 0) is 10.2 Å². The Hall–Kier alpha value is -1.57. The first-order valence-electron chi connectivity index (χ1n) is 4.68. The number of H-pyrrole nitrogens is 1. The molecule has 0 bridgehead atoms. The van der Waals surface area contributed by atoms with E-state index in [2.05, 4.69) is 4.98 Å². The van der Waals surface area contributed by atoms with Crippen molar-refractivity contribution >= 4 is 17.2 Å². The van der Waals surface area contributed by atoms with Gasteiger partial charge in [0.25, 0.3) is 0 Å². The molecule has 1 aromatic heterocycles. The first kappa shape index (κ1) is 9.00. The number of para-hydroxylation sites is 1. The molecule has 72 valence electrons. The predicted molar refractivity (Wildman–Crippen MR) is 57.4 cm³/mol. The Kier molecular flexibility index (Phi) is 1.92. The minimum Gasteiger partial charge on any atom is -0.361 e. The molecule has 2 heteroatoms. The zero-order chi connectivity index (χ0) is 10.2. The van der Waals surface area contributed by atoms with Crippen molar-refractivity contribution in [1.82, 2.24) is 4.98 Å². The van der Waals surface area contributed by atoms with Gasteiger partial charge >= 0.3 is 0 Å². The minimum atomic E-state index is -0.426. The van der Waals surface area contributed by atoms with Gasteiger partial charge in [0.15, 0.2) is 0 Å². The van der Waals surface area contributed by atoms with Gasteiger partial charge in [-0.25, -0.2) is 0 Å². The highest BCUT2D eigenvalue weighted by atomic mass is 16.1. The van der Waals surface area contributed by atoms with Crippen molar-refractivity contribution in [2.75, 3.05) is 0 Å². The van der Waals surface area contributed by atoms with Gasteiger partial charge in [0.2, 0.25) is 0 Å². The fourth-order valence-corrected chi connectivity index (χ4v) is 1.69. The number of aldehydes is 1. The maximum Gasteiger partial charge on any atom is 0.130 e. The molecular formula is C12H13NO. The Morgan fingerprint density at radius 3 is 2.79 bits per heavy atom. The van der Waals surface area contributed by atoms with E-state index in [0.29, 0.717) is 0 Å². The summed E-state index contributed by atoms with van der Waals surface area (Å²) >= 11 is 0. The maximum atomic E-state index is 11.0. The van der Waals surface area contributed by atoms with Crippen LogP contribution in [0.2, 0.25) is 0 Å². The summed E-state index contributed by atoms with van der Waals surface area (Å²) in [7, 11) is 0. The number of benzene rings is 1. The van der Waals surface area contributed by atoms with Gasteiger partial charge in [-0.1, -0.05) is 18.2 Å². The lowest BCUT2D eigenvalue weighted by atomic mass is 9.85. The largest absolute Gasteiger partial charge is 0.361 e. The van der Waals surface area contributed by atoms with Gasteiger partial charge in [-0.3, -0.25) is 0 Å². The first-order valence-corrected chi connectivity index (χ1v) is 4.68. The molecular weight excluding hydrogens is 174 g/mol. The van der Waals surface area contributed by atoms with Gasteiger partial charge in [-0.2, -0.15) is 0 Å². The van der Waals surface area contributed by atoms with Crippen LogP contribution in [0.25, 0.3) is 10.9 Å². The Morgan fingerprint density at radius 2 is 2.07 bits per heavy atom. The van der Waals surface area contributed by atoms with Crippen LogP contribution in [0, 0.1) is 0 Å². The lowest BCUT2D eigenvalue weighted by Gasteiger charge is -2.18. The van der Waals surface area contributed by atoms with E-state index in [1.54, 1.807) is 0 Å². The normalized spacial score (nSPS) is 11.9. The van der Waals surface area contributed by atoms with E-state index < -0.39 is 5.41 Å². The zero-order valence-corrected chi connectivity index (χ0v) is 8.37. The number of carbonyl (C=O) groups excluding carboxylic acids is 1. The highest BCUT2D eigenvalue weighted by Crippen LogP contribution is 2.27. The first-order chi connectivity index (χ1) is 6.65. The summed E-state index contributed by atoms with van der Waals surface area (Å²) in [5, 5.41) is 1.15. The quantitative estimate of drug-likeness (QED) is 0.720. The molecule has 2 nitrogen and oxygen atoms in total. The van der Waals surface area contributed by atoms with Gasteiger partial charge in [0.1, 0.15) is 6.29 Å². The van der Waals surface area contributed by atoms with E-state index in [1.165, 1.54) is 0 Å². The zero-order valence-electron chi connectivity index (χ0n) is 8.37. The van der Waals surface area contributed by atoms with Gasteiger partial charge in [0.05, 0.1) is 0 Å². The predicted octanol–water partition coefficient (Wildman–Crippen LogP) is 2.64. The molecule has 0 unspecified atom stereocenters. The third-order valence-corrected chi connectivity index (χ3v) is 2.58. The summed E-state index contributed by atoms with van der Waals surface area (Å²) in [6.07, 6.45) is 2.89. The number of fused-ring (bicyclic) bond motifs is 1. The maximum absolute atomic E-state index is 11.0. The van der Waals surface area contributed by atoms with Crippen molar-refractivity contribution in [3.63, 3.8) is 0 Å².